The van der Waals surface area contributed by atoms with Crippen molar-refractivity contribution in [2.45, 2.75) is 57.8 Å². The number of aromatic nitrogens is 2. The van der Waals surface area contributed by atoms with Gasteiger partial charge in [-0.2, -0.15) is 4.39 Å². The SMILES string of the molecule is O=C(CCCCCCCCCCNC(=O)n1cc(F)c(=O)[nH]c1=O)NO. The lowest BCUT2D eigenvalue weighted by Crippen LogP contribution is -2.40. The minimum absolute atomic E-state index is 0.332. The second-order valence-corrected chi connectivity index (χ2v) is 5.95. The van der Waals surface area contributed by atoms with E-state index in [4.69, 9.17) is 5.21 Å². The molecule has 0 atom stereocenters. The lowest BCUT2D eigenvalue weighted by atomic mass is 10.1. The molecule has 0 aliphatic rings. The van der Waals surface area contributed by atoms with Gasteiger partial charge < -0.3 is 5.32 Å². The Morgan fingerprint density at radius 3 is 2.23 bits per heavy atom. The first kappa shape index (κ1) is 21.6. The van der Waals surface area contributed by atoms with E-state index in [-0.39, 0.29) is 5.91 Å². The average molecular weight is 372 g/mol. The second-order valence-electron chi connectivity index (χ2n) is 5.95. The number of H-pyrrole nitrogens is 1. The smallest absolute Gasteiger partial charge is 0.336 e. The first-order chi connectivity index (χ1) is 12.5. The molecule has 4 N–H and O–H groups in total. The molecule has 1 rings (SSSR count). The Balaban J connectivity index is 2.06. The Morgan fingerprint density at radius 2 is 1.62 bits per heavy atom. The van der Waals surface area contributed by atoms with Crippen LogP contribution >= 0.6 is 0 Å². The molecule has 0 fully saturated rings. The molecule has 0 aromatic carbocycles. The molecule has 146 valence electrons. The van der Waals surface area contributed by atoms with E-state index in [9.17, 15) is 23.6 Å². The molecule has 0 radical (unpaired) electrons. The number of halogens is 1. The van der Waals surface area contributed by atoms with Crippen LogP contribution in [0.15, 0.2) is 15.8 Å². The number of amides is 2. The predicted molar refractivity (Wildman–Crippen MR) is 91.6 cm³/mol. The van der Waals surface area contributed by atoms with Gasteiger partial charge in [0.05, 0.1) is 6.20 Å². The number of unbranched alkanes of at least 4 members (excludes halogenated alkanes) is 7. The Bertz CT molecular complexity index is 701. The highest BCUT2D eigenvalue weighted by molar-refractivity contribution is 5.76. The molecule has 26 heavy (non-hydrogen) atoms. The highest BCUT2D eigenvalue weighted by Gasteiger charge is 2.10. The van der Waals surface area contributed by atoms with Crippen molar-refractivity contribution in [2.24, 2.45) is 0 Å². The van der Waals surface area contributed by atoms with E-state index < -0.39 is 23.1 Å². The fourth-order valence-corrected chi connectivity index (χ4v) is 2.41. The van der Waals surface area contributed by atoms with E-state index in [1.165, 1.54) is 0 Å². The summed E-state index contributed by atoms with van der Waals surface area (Å²) < 4.78 is 13.6. The maximum Gasteiger partial charge on any atom is 0.336 e. The van der Waals surface area contributed by atoms with Crippen LogP contribution in [-0.4, -0.2) is 33.2 Å². The largest absolute Gasteiger partial charge is 0.337 e. The van der Waals surface area contributed by atoms with Crippen LogP contribution in [0.4, 0.5) is 9.18 Å². The van der Waals surface area contributed by atoms with E-state index in [1.54, 1.807) is 10.5 Å². The van der Waals surface area contributed by atoms with Crippen LogP contribution in [-0.2, 0) is 4.79 Å². The molecule has 9 nitrogen and oxygen atoms in total. The summed E-state index contributed by atoms with van der Waals surface area (Å²) >= 11 is 0. The van der Waals surface area contributed by atoms with Gasteiger partial charge in [-0.15, -0.1) is 0 Å². The number of nitrogens with one attached hydrogen (secondary N) is 3. The number of aromatic amines is 1. The molecule has 1 aromatic heterocycles. The Morgan fingerprint density at radius 1 is 1.04 bits per heavy atom. The zero-order valence-electron chi connectivity index (χ0n) is 14.6. The van der Waals surface area contributed by atoms with Gasteiger partial charge in [0.1, 0.15) is 0 Å². The van der Waals surface area contributed by atoms with E-state index in [1.807, 2.05) is 0 Å². The summed E-state index contributed by atoms with van der Waals surface area (Å²) in [6, 6.07) is -0.780. The Kier molecular flexibility index (Phi) is 9.91. The van der Waals surface area contributed by atoms with E-state index >= 15 is 0 Å². The van der Waals surface area contributed by atoms with E-state index in [0.29, 0.717) is 23.7 Å². The van der Waals surface area contributed by atoms with Crippen molar-refractivity contribution in [3.63, 3.8) is 0 Å². The minimum Gasteiger partial charge on any atom is -0.337 e. The Labute approximate surface area is 149 Å². The topological polar surface area (TPSA) is 133 Å². The second kappa shape index (κ2) is 12.0. The molecular weight excluding hydrogens is 347 g/mol. The number of carbonyl (C=O) groups excluding carboxylic acids is 2. The fourth-order valence-electron chi connectivity index (χ4n) is 2.41. The third kappa shape index (κ3) is 8.06. The lowest BCUT2D eigenvalue weighted by molar-refractivity contribution is -0.129. The molecule has 0 saturated heterocycles. The minimum atomic E-state index is -1.20. The van der Waals surface area contributed by atoms with Crippen molar-refractivity contribution in [3.8, 4) is 0 Å². The van der Waals surface area contributed by atoms with Gasteiger partial charge in [0.25, 0.3) is 5.56 Å². The van der Waals surface area contributed by atoms with Crippen LogP contribution in [0, 0.1) is 5.82 Å². The number of nitrogens with zero attached hydrogens (tertiary/aromatic N) is 1. The monoisotopic (exact) mass is 372 g/mol. The van der Waals surface area contributed by atoms with Gasteiger partial charge in [-0.25, -0.2) is 19.6 Å². The molecule has 0 aliphatic carbocycles. The quantitative estimate of drug-likeness (QED) is 0.264. The molecule has 0 saturated carbocycles. The van der Waals surface area contributed by atoms with Crippen molar-refractivity contribution >= 4 is 11.9 Å². The van der Waals surface area contributed by atoms with Crippen molar-refractivity contribution in [3.05, 3.63) is 32.9 Å². The number of hydroxylamine groups is 1. The Hall–Kier alpha value is -2.49. The first-order valence-electron chi connectivity index (χ1n) is 8.68. The van der Waals surface area contributed by atoms with Gasteiger partial charge in [-0.05, 0) is 12.8 Å². The zero-order chi connectivity index (χ0) is 19.4. The number of carbonyl (C=O) groups is 2. The average Bonchev–Trinajstić information content (AvgIpc) is 2.62. The molecule has 1 aromatic rings. The summed E-state index contributed by atoms with van der Waals surface area (Å²) in [5, 5.41) is 10.8. The summed E-state index contributed by atoms with van der Waals surface area (Å²) in [4.78, 5) is 46.6. The number of hydrogen-bond donors (Lipinski definition) is 4. The first-order valence-corrected chi connectivity index (χ1v) is 8.68. The lowest BCUT2D eigenvalue weighted by Gasteiger charge is -2.06. The molecule has 2 amide bonds. The van der Waals surface area contributed by atoms with Crippen molar-refractivity contribution in [1.82, 2.24) is 20.3 Å². The molecule has 0 bridgehead atoms. The van der Waals surface area contributed by atoms with Crippen molar-refractivity contribution < 1.29 is 19.2 Å². The molecule has 10 heteroatoms. The zero-order valence-corrected chi connectivity index (χ0v) is 14.6. The molecule has 1 heterocycles. The predicted octanol–water partition coefficient (Wildman–Crippen LogP) is 1.25. The summed E-state index contributed by atoms with van der Waals surface area (Å²) in [7, 11) is 0. The molecule has 0 spiro atoms. The van der Waals surface area contributed by atoms with Crippen LogP contribution in [0.25, 0.3) is 0 Å². The summed E-state index contributed by atoms with van der Waals surface area (Å²) in [6.45, 7) is 0.349. The molecular formula is C16H25FN4O5. The van der Waals surface area contributed by atoms with Gasteiger partial charge in [0.15, 0.2) is 0 Å². The van der Waals surface area contributed by atoms with Gasteiger partial charge in [-0.3, -0.25) is 19.8 Å². The van der Waals surface area contributed by atoms with Gasteiger partial charge in [-0.1, -0.05) is 38.5 Å². The van der Waals surface area contributed by atoms with Gasteiger partial charge in [0.2, 0.25) is 11.7 Å². The van der Waals surface area contributed by atoms with Gasteiger partial charge in [0, 0.05) is 13.0 Å². The fraction of sp³-hybridized carbons (Fsp3) is 0.625. The van der Waals surface area contributed by atoms with E-state index in [0.717, 1.165) is 51.4 Å². The standard InChI is InChI=1S/C16H25FN4O5/c17-12-11-21(16(25)19-14(12)23)15(24)18-10-8-6-4-2-1-3-5-7-9-13(22)20-26/h11,26H,1-10H2,(H,18,24)(H,20,22)(H,19,23,25). The van der Waals surface area contributed by atoms with Crippen LogP contribution in [0.5, 0.6) is 0 Å². The molecule has 0 aliphatic heterocycles. The third-order valence-electron chi connectivity index (χ3n) is 3.85. The van der Waals surface area contributed by atoms with Crippen LogP contribution in [0.3, 0.4) is 0 Å². The maximum absolute atomic E-state index is 13.1. The summed E-state index contributed by atoms with van der Waals surface area (Å²) in [6.07, 6.45) is 8.35. The van der Waals surface area contributed by atoms with Crippen LogP contribution in [0.1, 0.15) is 57.8 Å². The summed E-state index contributed by atoms with van der Waals surface area (Å²) in [5.74, 6) is -1.56. The van der Waals surface area contributed by atoms with Crippen molar-refractivity contribution in [2.75, 3.05) is 6.54 Å². The highest BCUT2D eigenvalue weighted by atomic mass is 19.1. The van der Waals surface area contributed by atoms with Crippen LogP contribution < -0.4 is 22.0 Å². The van der Waals surface area contributed by atoms with E-state index in [2.05, 4.69) is 5.32 Å². The highest BCUT2D eigenvalue weighted by Crippen LogP contribution is 2.09. The maximum atomic E-state index is 13.1. The third-order valence-corrected chi connectivity index (χ3v) is 3.85. The normalized spacial score (nSPS) is 10.5. The van der Waals surface area contributed by atoms with Crippen molar-refractivity contribution in [1.29, 1.82) is 0 Å². The van der Waals surface area contributed by atoms with Crippen LogP contribution in [0.2, 0.25) is 0 Å². The molecule has 0 unspecified atom stereocenters. The van der Waals surface area contributed by atoms with Gasteiger partial charge >= 0.3 is 11.7 Å². The number of rotatable bonds is 11. The number of hydrogen-bond acceptors (Lipinski definition) is 5. The summed E-state index contributed by atoms with van der Waals surface area (Å²) in [5.41, 5.74) is -0.537.